The molecule has 0 bridgehead atoms. The van der Waals surface area contributed by atoms with Crippen LogP contribution in [0.2, 0.25) is 10.0 Å². The molecule has 1 amide bonds. The molecule has 1 N–H and O–H groups in total. The maximum absolute atomic E-state index is 13.2. The van der Waals surface area contributed by atoms with Gasteiger partial charge in [-0.3, -0.25) is 4.79 Å². The van der Waals surface area contributed by atoms with Gasteiger partial charge < -0.3 is 5.32 Å². The molecule has 3 aromatic carbocycles. The van der Waals surface area contributed by atoms with Crippen molar-refractivity contribution in [3.05, 3.63) is 90.8 Å². The fourth-order valence-electron chi connectivity index (χ4n) is 3.19. The van der Waals surface area contributed by atoms with E-state index in [-0.39, 0.29) is 5.91 Å². The van der Waals surface area contributed by atoms with Crippen molar-refractivity contribution < 1.29 is 4.79 Å². The maximum atomic E-state index is 13.2. The smallest absolute Gasteiger partial charge is 0.256 e. The lowest BCUT2D eigenvalue weighted by Crippen LogP contribution is -2.13. The molecule has 0 fully saturated rings. The van der Waals surface area contributed by atoms with Crippen LogP contribution in [0.5, 0.6) is 0 Å². The van der Waals surface area contributed by atoms with Gasteiger partial charge in [-0.25, -0.2) is 4.98 Å². The van der Waals surface area contributed by atoms with Crippen molar-refractivity contribution in [2.24, 2.45) is 0 Å². The molecule has 0 atom stereocenters. The van der Waals surface area contributed by atoms with E-state index in [4.69, 9.17) is 28.2 Å². The van der Waals surface area contributed by atoms with Gasteiger partial charge in [0.2, 0.25) is 0 Å². The Kier molecular flexibility index (Phi) is 6.16. The van der Waals surface area contributed by atoms with Gasteiger partial charge in [0.25, 0.3) is 5.91 Å². The highest BCUT2D eigenvalue weighted by Gasteiger charge is 2.17. The number of hydrogen-bond acceptors (Lipinski definition) is 2. The van der Waals surface area contributed by atoms with E-state index in [1.807, 2.05) is 49.4 Å². The van der Waals surface area contributed by atoms with Crippen LogP contribution in [-0.4, -0.2) is 10.9 Å². The number of carbonyl (C=O) groups excluding carboxylic acids is 1. The zero-order chi connectivity index (χ0) is 21.4. The molecule has 150 valence electrons. The number of hydrogen-bond donors (Lipinski definition) is 1. The average Bonchev–Trinajstić information content (AvgIpc) is 2.70. The third-order valence-corrected chi connectivity index (χ3v) is 6.36. The Labute approximate surface area is 200 Å². The SMILES string of the molecule is Cc1cc(Br)cc2c(C(=O)Nc3ccc(Cl)c(Cl)c3)cc(-c3ccc(Br)cc3)nc12. The molecule has 1 heterocycles. The van der Waals surface area contributed by atoms with Crippen molar-refractivity contribution in [3.63, 3.8) is 0 Å². The van der Waals surface area contributed by atoms with Crippen molar-refractivity contribution in [1.82, 2.24) is 4.98 Å². The number of rotatable bonds is 3. The van der Waals surface area contributed by atoms with Gasteiger partial charge in [-0.15, -0.1) is 0 Å². The zero-order valence-corrected chi connectivity index (χ0v) is 20.3. The number of nitrogens with zero attached hydrogens (tertiary/aromatic N) is 1. The molecule has 0 saturated carbocycles. The lowest BCUT2D eigenvalue weighted by Gasteiger charge is -2.13. The standard InChI is InChI=1S/C23H14Br2Cl2N2O/c1-12-8-15(25)9-17-18(23(30)28-16-6-7-19(26)20(27)10-16)11-21(29-22(12)17)13-2-4-14(24)5-3-13/h2-11H,1H3,(H,28,30). The van der Waals surface area contributed by atoms with Gasteiger partial charge in [-0.05, 0) is 61.0 Å². The molecule has 7 heteroatoms. The van der Waals surface area contributed by atoms with Gasteiger partial charge in [0.1, 0.15) is 0 Å². The average molecular weight is 565 g/mol. The number of carbonyl (C=O) groups is 1. The Morgan fingerprint density at radius 2 is 1.63 bits per heavy atom. The van der Waals surface area contributed by atoms with E-state index in [1.54, 1.807) is 18.2 Å². The number of aryl methyl sites for hydroxylation is 1. The summed E-state index contributed by atoms with van der Waals surface area (Å²) >= 11 is 19.1. The Morgan fingerprint density at radius 3 is 2.33 bits per heavy atom. The van der Waals surface area contributed by atoms with E-state index in [2.05, 4.69) is 37.2 Å². The highest BCUT2D eigenvalue weighted by Crippen LogP contribution is 2.31. The summed E-state index contributed by atoms with van der Waals surface area (Å²) in [4.78, 5) is 18.1. The number of aromatic nitrogens is 1. The second-order valence-electron chi connectivity index (χ2n) is 6.76. The number of anilines is 1. The summed E-state index contributed by atoms with van der Waals surface area (Å²) in [5.74, 6) is -0.253. The molecule has 3 nitrogen and oxygen atoms in total. The number of fused-ring (bicyclic) bond motifs is 1. The summed E-state index contributed by atoms with van der Waals surface area (Å²) < 4.78 is 1.86. The highest BCUT2D eigenvalue weighted by molar-refractivity contribution is 9.10. The van der Waals surface area contributed by atoms with Crippen molar-refractivity contribution in [3.8, 4) is 11.3 Å². The van der Waals surface area contributed by atoms with Crippen molar-refractivity contribution >= 4 is 77.6 Å². The molecule has 0 radical (unpaired) electrons. The summed E-state index contributed by atoms with van der Waals surface area (Å²) in [6.45, 7) is 1.98. The first-order chi connectivity index (χ1) is 14.3. The van der Waals surface area contributed by atoms with Crippen LogP contribution in [0, 0.1) is 6.92 Å². The van der Waals surface area contributed by atoms with Crippen LogP contribution >= 0.6 is 55.1 Å². The Bertz CT molecular complexity index is 1290. The quantitative estimate of drug-likeness (QED) is 0.272. The van der Waals surface area contributed by atoms with Gasteiger partial charge in [0.05, 0.1) is 26.8 Å². The second kappa shape index (κ2) is 8.67. The molecule has 4 aromatic rings. The van der Waals surface area contributed by atoms with Crippen LogP contribution in [0.3, 0.4) is 0 Å². The molecule has 0 spiro atoms. The highest BCUT2D eigenvalue weighted by atomic mass is 79.9. The normalized spacial score (nSPS) is 11.0. The van der Waals surface area contributed by atoms with Gasteiger partial charge in [0.15, 0.2) is 0 Å². The van der Waals surface area contributed by atoms with E-state index in [0.717, 1.165) is 36.7 Å². The van der Waals surface area contributed by atoms with Gasteiger partial charge in [0, 0.05) is 25.6 Å². The molecule has 30 heavy (non-hydrogen) atoms. The third kappa shape index (κ3) is 4.40. The van der Waals surface area contributed by atoms with Crippen LogP contribution in [0.25, 0.3) is 22.2 Å². The largest absolute Gasteiger partial charge is 0.322 e. The lowest BCUT2D eigenvalue weighted by atomic mass is 10.0. The van der Waals surface area contributed by atoms with Gasteiger partial charge >= 0.3 is 0 Å². The fraction of sp³-hybridized carbons (Fsp3) is 0.0435. The van der Waals surface area contributed by atoms with Crippen LogP contribution in [-0.2, 0) is 0 Å². The van der Waals surface area contributed by atoms with Crippen LogP contribution in [0.1, 0.15) is 15.9 Å². The number of amides is 1. The lowest BCUT2D eigenvalue weighted by molar-refractivity contribution is 0.102. The second-order valence-corrected chi connectivity index (χ2v) is 9.41. The van der Waals surface area contributed by atoms with Crippen LogP contribution in [0.4, 0.5) is 5.69 Å². The van der Waals surface area contributed by atoms with Gasteiger partial charge in [-0.2, -0.15) is 0 Å². The Hall–Kier alpha value is -1.92. The predicted molar refractivity (Wildman–Crippen MR) is 132 cm³/mol. The maximum Gasteiger partial charge on any atom is 0.256 e. The minimum atomic E-state index is -0.253. The molecule has 0 aliphatic heterocycles. The summed E-state index contributed by atoms with van der Waals surface area (Å²) in [6, 6.07) is 18.5. The molecule has 0 saturated heterocycles. The minimum Gasteiger partial charge on any atom is -0.322 e. The molecular formula is C23H14Br2Cl2N2O. The summed E-state index contributed by atoms with van der Waals surface area (Å²) in [5, 5.41) is 4.49. The number of pyridine rings is 1. The fourth-order valence-corrected chi connectivity index (χ4v) is 4.32. The summed E-state index contributed by atoms with van der Waals surface area (Å²) in [6.07, 6.45) is 0. The van der Waals surface area contributed by atoms with E-state index < -0.39 is 0 Å². The first-order valence-electron chi connectivity index (χ1n) is 8.95. The molecule has 1 aromatic heterocycles. The number of benzene rings is 3. The van der Waals surface area contributed by atoms with Crippen LogP contribution < -0.4 is 5.32 Å². The molecular weight excluding hydrogens is 551 g/mol. The van der Waals surface area contributed by atoms with Crippen molar-refractivity contribution in [1.29, 1.82) is 0 Å². The molecule has 0 unspecified atom stereocenters. The minimum absolute atomic E-state index is 0.253. The molecule has 0 aliphatic carbocycles. The van der Waals surface area contributed by atoms with E-state index >= 15 is 0 Å². The summed E-state index contributed by atoms with van der Waals surface area (Å²) in [7, 11) is 0. The predicted octanol–water partition coefficient (Wildman–Crippen LogP) is 8.29. The Balaban J connectivity index is 1.86. The van der Waals surface area contributed by atoms with Gasteiger partial charge in [-0.1, -0.05) is 67.2 Å². The monoisotopic (exact) mass is 562 g/mol. The number of halogens is 4. The first kappa shape index (κ1) is 21.3. The van der Waals surface area contributed by atoms with Crippen LogP contribution in [0.15, 0.2) is 69.6 Å². The molecule has 4 rings (SSSR count). The first-order valence-corrected chi connectivity index (χ1v) is 11.3. The number of nitrogens with one attached hydrogen (secondary N) is 1. The van der Waals surface area contributed by atoms with Crippen molar-refractivity contribution in [2.75, 3.05) is 5.32 Å². The van der Waals surface area contributed by atoms with E-state index in [1.165, 1.54) is 0 Å². The van der Waals surface area contributed by atoms with Crippen molar-refractivity contribution in [2.45, 2.75) is 6.92 Å². The van der Waals surface area contributed by atoms with E-state index in [0.29, 0.717) is 21.3 Å². The third-order valence-electron chi connectivity index (χ3n) is 4.63. The topological polar surface area (TPSA) is 42.0 Å². The summed E-state index contributed by atoms with van der Waals surface area (Å²) in [5.41, 5.74) is 4.48. The Morgan fingerprint density at radius 1 is 0.900 bits per heavy atom. The molecule has 0 aliphatic rings. The zero-order valence-electron chi connectivity index (χ0n) is 15.6. The van der Waals surface area contributed by atoms with E-state index in [9.17, 15) is 4.79 Å².